The van der Waals surface area contributed by atoms with E-state index in [1.165, 1.54) is 0 Å². The summed E-state index contributed by atoms with van der Waals surface area (Å²) < 4.78 is 32.1. The van der Waals surface area contributed by atoms with E-state index in [1.54, 1.807) is 60.7 Å². The molecule has 1 aromatic heterocycles. The summed E-state index contributed by atoms with van der Waals surface area (Å²) in [5, 5.41) is 0. The molecule has 3 aromatic rings. The Morgan fingerprint density at radius 1 is 1.11 bits per heavy atom. The van der Waals surface area contributed by atoms with Gasteiger partial charge in [0.05, 0.1) is 23.2 Å². The van der Waals surface area contributed by atoms with Crippen LogP contribution in [-0.2, 0) is 14.2 Å². The lowest BCUT2D eigenvalue weighted by Crippen LogP contribution is -2.48. The van der Waals surface area contributed by atoms with Gasteiger partial charge in [-0.2, -0.15) is 4.98 Å². The number of aromatic nitrogens is 2. The van der Waals surface area contributed by atoms with Crippen LogP contribution in [0.4, 0.5) is 10.2 Å². The minimum absolute atomic E-state index is 0.0842. The summed E-state index contributed by atoms with van der Waals surface area (Å²) >= 11 is 6.26. The molecule has 1 fully saturated rings. The van der Waals surface area contributed by atoms with Gasteiger partial charge < -0.3 is 19.9 Å². The maximum absolute atomic E-state index is 14.1. The van der Waals surface area contributed by atoms with E-state index in [2.05, 4.69) is 4.98 Å². The molecule has 11 heteroatoms. The maximum Gasteiger partial charge on any atom is 0.351 e. The standard InChI is InChI=1S/C24H21ClFN3O6/c25-13-24(14-33-21(30)15-7-3-1-4-8-15)18(34-22(31)16-9-5-2-6-10-16)11-19(35-24)29-12-17(26)20(27)28-23(29)32/h1-10,12,18-19H,11,13-14H2,(H2,27,28,32)/t18-,19+,24+/m0/s1. The number of carbonyl (C=O) groups is 2. The lowest BCUT2D eigenvalue weighted by atomic mass is 9.99. The first-order valence-electron chi connectivity index (χ1n) is 10.6. The number of rotatable bonds is 7. The third kappa shape index (κ3) is 5.18. The van der Waals surface area contributed by atoms with Crippen LogP contribution in [0.5, 0.6) is 0 Å². The molecule has 0 unspecified atom stereocenters. The van der Waals surface area contributed by atoms with E-state index in [-0.39, 0.29) is 17.9 Å². The zero-order valence-electron chi connectivity index (χ0n) is 18.3. The van der Waals surface area contributed by atoms with Gasteiger partial charge in [0.25, 0.3) is 0 Å². The van der Waals surface area contributed by atoms with Gasteiger partial charge in [-0.1, -0.05) is 36.4 Å². The number of alkyl halides is 1. The van der Waals surface area contributed by atoms with Crippen LogP contribution in [0, 0.1) is 5.82 Å². The first kappa shape index (κ1) is 24.4. The maximum atomic E-state index is 14.1. The molecule has 35 heavy (non-hydrogen) atoms. The molecular weight excluding hydrogens is 481 g/mol. The van der Waals surface area contributed by atoms with E-state index in [0.717, 1.165) is 10.8 Å². The van der Waals surface area contributed by atoms with Crippen molar-refractivity contribution in [1.82, 2.24) is 9.55 Å². The molecule has 2 heterocycles. The molecule has 2 aromatic carbocycles. The normalized spacial score (nSPS) is 21.4. The number of nitrogen functional groups attached to an aromatic ring is 1. The van der Waals surface area contributed by atoms with Crippen molar-refractivity contribution in [3.8, 4) is 0 Å². The number of halogens is 2. The predicted octanol–water partition coefficient (Wildman–Crippen LogP) is 2.94. The second kappa shape index (κ2) is 10.2. The highest BCUT2D eigenvalue weighted by atomic mass is 35.5. The van der Waals surface area contributed by atoms with Gasteiger partial charge in [-0.15, -0.1) is 11.6 Å². The topological polar surface area (TPSA) is 123 Å². The first-order chi connectivity index (χ1) is 16.8. The number of anilines is 1. The molecule has 1 aliphatic rings. The summed E-state index contributed by atoms with van der Waals surface area (Å²) in [6, 6.07) is 16.5. The van der Waals surface area contributed by atoms with Gasteiger partial charge in [0.15, 0.2) is 17.2 Å². The van der Waals surface area contributed by atoms with Gasteiger partial charge in [0.2, 0.25) is 0 Å². The first-order valence-corrected chi connectivity index (χ1v) is 11.1. The summed E-state index contributed by atoms with van der Waals surface area (Å²) in [4.78, 5) is 41.1. The average Bonchev–Trinajstić information content (AvgIpc) is 3.24. The van der Waals surface area contributed by atoms with Crippen LogP contribution in [0.2, 0.25) is 0 Å². The smallest absolute Gasteiger partial charge is 0.351 e. The van der Waals surface area contributed by atoms with Crippen molar-refractivity contribution >= 4 is 29.4 Å². The summed E-state index contributed by atoms with van der Waals surface area (Å²) in [6.07, 6.45) is -1.40. The Hall–Kier alpha value is -3.76. The van der Waals surface area contributed by atoms with Crippen LogP contribution in [0.25, 0.3) is 0 Å². The van der Waals surface area contributed by atoms with Crippen LogP contribution < -0.4 is 11.4 Å². The Bertz CT molecular complexity index is 1270. The lowest BCUT2D eigenvalue weighted by Gasteiger charge is -2.31. The van der Waals surface area contributed by atoms with E-state index in [0.29, 0.717) is 5.56 Å². The number of ether oxygens (including phenoxy) is 3. The third-order valence-corrected chi connectivity index (χ3v) is 6.01. The fraction of sp³-hybridized carbons (Fsp3) is 0.250. The largest absolute Gasteiger partial charge is 0.459 e. The monoisotopic (exact) mass is 501 g/mol. The average molecular weight is 502 g/mol. The molecule has 3 atom stereocenters. The highest BCUT2D eigenvalue weighted by Gasteiger charge is 2.53. The van der Waals surface area contributed by atoms with Gasteiger partial charge >= 0.3 is 17.6 Å². The molecule has 1 aliphatic heterocycles. The van der Waals surface area contributed by atoms with Crippen LogP contribution in [-0.4, -0.2) is 45.7 Å². The molecule has 1 saturated heterocycles. The number of nitrogens with two attached hydrogens (primary N) is 1. The Morgan fingerprint density at radius 2 is 1.71 bits per heavy atom. The fourth-order valence-corrected chi connectivity index (χ4v) is 3.99. The molecule has 9 nitrogen and oxygen atoms in total. The Morgan fingerprint density at radius 3 is 2.31 bits per heavy atom. The van der Waals surface area contributed by atoms with Crippen LogP contribution >= 0.6 is 11.6 Å². The number of esters is 2. The van der Waals surface area contributed by atoms with Crippen molar-refractivity contribution < 1.29 is 28.2 Å². The summed E-state index contributed by atoms with van der Waals surface area (Å²) in [5.74, 6) is -3.07. The van der Waals surface area contributed by atoms with Crippen molar-refractivity contribution in [2.45, 2.75) is 24.4 Å². The molecular formula is C24H21ClFN3O6. The van der Waals surface area contributed by atoms with Gasteiger partial charge in [0.1, 0.15) is 18.9 Å². The molecule has 0 amide bonds. The second-order valence-electron chi connectivity index (χ2n) is 7.87. The molecule has 0 bridgehead atoms. The van der Waals surface area contributed by atoms with E-state index in [9.17, 15) is 18.8 Å². The molecule has 0 radical (unpaired) electrons. The summed E-state index contributed by atoms with van der Waals surface area (Å²) in [5.41, 5.74) is 3.55. The highest BCUT2D eigenvalue weighted by molar-refractivity contribution is 6.18. The molecule has 182 valence electrons. The van der Waals surface area contributed by atoms with Gasteiger partial charge in [-0.25, -0.2) is 18.8 Å². The van der Waals surface area contributed by atoms with Crippen LogP contribution in [0.15, 0.2) is 71.7 Å². The van der Waals surface area contributed by atoms with Crippen molar-refractivity contribution in [3.63, 3.8) is 0 Å². The number of benzene rings is 2. The second-order valence-corrected chi connectivity index (χ2v) is 8.14. The zero-order valence-corrected chi connectivity index (χ0v) is 19.1. The summed E-state index contributed by atoms with van der Waals surface area (Å²) in [6.45, 7) is -0.396. The number of carbonyl (C=O) groups excluding carboxylic acids is 2. The van der Waals surface area contributed by atoms with Gasteiger partial charge in [0, 0.05) is 6.42 Å². The SMILES string of the molecule is Nc1nc(=O)n([C@H]2C[C@H](OC(=O)c3ccccc3)[C@@](CCl)(COC(=O)c3ccccc3)O2)cc1F. The third-order valence-electron chi connectivity index (χ3n) is 5.56. The molecule has 2 N–H and O–H groups in total. The molecule has 0 spiro atoms. The Balaban J connectivity index is 1.63. The van der Waals surface area contributed by atoms with E-state index in [1.807, 2.05) is 0 Å². The zero-order chi connectivity index (χ0) is 25.0. The van der Waals surface area contributed by atoms with E-state index >= 15 is 0 Å². The fourth-order valence-electron chi connectivity index (χ4n) is 3.68. The molecule has 0 saturated carbocycles. The van der Waals surface area contributed by atoms with Gasteiger partial charge in [-0.05, 0) is 24.3 Å². The van der Waals surface area contributed by atoms with Crippen molar-refractivity contribution in [2.24, 2.45) is 0 Å². The number of hydrogen-bond donors (Lipinski definition) is 1. The quantitative estimate of drug-likeness (QED) is 0.387. The van der Waals surface area contributed by atoms with E-state index in [4.69, 9.17) is 31.5 Å². The highest BCUT2D eigenvalue weighted by Crippen LogP contribution is 2.40. The lowest BCUT2D eigenvalue weighted by molar-refractivity contribution is -0.119. The number of hydrogen-bond acceptors (Lipinski definition) is 8. The van der Waals surface area contributed by atoms with Crippen LogP contribution in [0.1, 0.15) is 33.4 Å². The predicted molar refractivity (Wildman–Crippen MR) is 123 cm³/mol. The minimum atomic E-state index is -1.53. The summed E-state index contributed by atoms with van der Waals surface area (Å²) in [7, 11) is 0. The van der Waals surface area contributed by atoms with Crippen molar-refractivity contribution in [2.75, 3.05) is 18.2 Å². The van der Waals surface area contributed by atoms with Crippen LogP contribution in [0.3, 0.4) is 0 Å². The number of nitrogens with zero attached hydrogens (tertiary/aromatic N) is 2. The van der Waals surface area contributed by atoms with Gasteiger partial charge in [-0.3, -0.25) is 4.57 Å². The van der Waals surface area contributed by atoms with Crippen molar-refractivity contribution in [3.05, 3.63) is 94.3 Å². The van der Waals surface area contributed by atoms with Crippen molar-refractivity contribution in [1.29, 1.82) is 0 Å². The Labute approximate surface area is 204 Å². The van der Waals surface area contributed by atoms with E-state index < -0.39 is 53.8 Å². The minimum Gasteiger partial charge on any atom is -0.459 e. The molecule has 0 aliphatic carbocycles. The Kier molecular flexibility index (Phi) is 7.13. The molecule has 4 rings (SSSR count).